The highest BCUT2D eigenvalue weighted by molar-refractivity contribution is 5.78. The lowest BCUT2D eigenvalue weighted by atomic mass is 9.88. The molecule has 1 aliphatic rings. The number of ether oxygens (including phenoxy) is 1. The molecule has 0 bridgehead atoms. The molecule has 1 unspecified atom stereocenters. The van der Waals surface area contributed by atoms with Gasteiger partial charge in [0.15, 0.2) is 0 Å². The molecule has 1 amide bonds. The van der Waals surface area contributed by atoms with Gasteiger partial charge in [0.2, 0.25) is 5.91 Å². The third-order valence-electron chi connectivity index (χ3n) is 4.78. The van der Waals surface area contributed by atoms with Gasteiger partial charge < -0.3 is 15.4 Å². The van der Waals surface area contributed by atoms with Crippen molar-refractivity contribution >= 4 is 5.91 Å². The number of carbonyl (C=O) groups excluding carboxylic acids is 1. The van der Waals surface area contributed by atoms with E-state index in [1.807, 2.05) is 31.2 Å². The average molecular weight is 324 g/mol. The van der Waals surface area contributed by atoms with Gasteiger partial charge in [-0.15, -0.1) is 0 Å². The Morgan fingerprint density at radius 3 is 2.21 bits per heavy atom. The van der Waals surface area contributed by atoms with E-state index in [0.717, 1.165) is 35.5 Å². The van der Waals surface area contributed by atoms with Crippen molar-refractivity contribution in [2.75, 3.05) is 20.2 Å². The quantitative estimate of drug-likeness (QED) is 0.859. The lowest BCUT2D eigenvalue weighted by Gasteiger charge is -2.31. The van der Waals surface area contributed by atoms with E-state index in [1.54, 1.807) is 7.11 Å². The topological polar surface area (TPSA) is 50.4 Å². The predicted molar refractivity (Wildman–Crippen MR) is 95.8 cm³/mol. The van der Waals surface area contributed by atoms with Crippen molar-refractivity contribution in [1.82, 2.24) is 10.6 Å². The van der Waals surface area contributed by atoms with Gasteiger partial charge in [-0.25, -0.2) is 0 Å². The molecule has 1 saturated heterocycles. The molecule has 4 heteroatoms. The second-order valence-electron chi connectivity index (χ2n) is 6.35. The molecule has 0 aliphatic carbocycles. The number of rotatable bonds is 6. The van der Waals surface area contributed by atoms with Crippen LogP contribution in [0.5, 0.6) is 5.75 Å². The van der Waals surface area contributed by atoms with Crippen molar-refractivity contribution in [3.05, 3.63) is 54.1 Å². The van der Waals surface area contributed by atoms with Crippen molar-refractivity contribution in [2.24, 2.45) is 11.8 Å². The summed E-state index contributed by atoms with van der Waals surface area (Å²) in [6.45, 7) is 4.48. The second-order valence-corrected chi connectivity index (χ2v) is 6.35. The fourth-order valence-corrected chi connectivity index (χ4v) is 2.83. The number of methoxy groups -OCH3 is 1. The fraction of sp³-hybridized carbons (Fsp3) is 0.350. The molecule has 3 rings (SSSR count). The van der Waals surface area contributed by atoms with Gasteiger partial charge in [-0.1, -0.05) is 43.3 Å². The fourth-order valence-electron chi connectivity index (χ4n) is 2.83. The maximum Gasteiger partial charge on any atom is 0.223 e. The Bertz CT molecular complexity index is 676. The van der Waals surface area contributed by atoms with Crippen LogP contribution in [-0.4, -0.2) is 26.1 Å². The Hall–Kier alpha value is -2.33. The third-order valence-corrected chi connectivity index (χ3v) is 4.78. The van der Waals surface area contributed by atoms with Crippen LogP contribution in [0.15, 0.2) is 48.5 Å². The summed E-state index contributed by atoms with van der Waals surface area (Å²) in [6, 6.07) is 16.3. The van der Waals surface area contributed by atoms with Gasteiger partial charge in [0.1, 0.15) is 5.75 Å². The monoisotopic (exact) mass is 324 g/mol. The molecule has 2 aromatic carbocycles. The normalized spacial score (nSPS) is 15.4. The van der Waals surface area contributed by atoms with E-state index in [9.17, 15) is 4.79 Å². The van der Waals surface area contributed by atoms with Crippen molar-refractivity contribution in [2.45, 2.75) is 13.5 Å². The summed E-state index contributed by atoms with van der Waals surface area (Å²) < 4.78 is 5.18. The smallest absolute Gasteiger partial charge is 0.223 e. The van der Waals surface area contributed by atoms with Gasteiger partial charge >= 0.3 is 0 Å². The number of benzene rings is 2. The van der Waals surface area contributed by atoms with Crippen molar-refractivity contribution < 1.29 is 9.53 Å². The summed E-state index contributed by atoms with van der Waals surface area (Å²) in [5.74, 6) is 1.54. The van der Waals surface area contributed by atoms with Crippen molar-refractivity contribution in [1.29, 1.82) is 0 Å². The molecule has 1 heterocycles. The largest absolute Gasteiger partial charge is 0.497 e. The summed E-state index contributed by atoms with van der Waals surface area (Å²) in [6.07, 6.45) is 0. The Labute approximate surface area is 143 Å². The molecule has 0 spiro atoms. The highest BCUT2D eigenvalue weighted by Crippen LogP contribution is 2.23. The van der Waals surface area contributed by atoms with Crippen LogP contribution in [0.4, 0.5) is 0 Å². The Morgan fingerprint density at radius 1 is 1.12 bits per heavy atom. The second kappa shape index (κ2) is 7.49. The Balaban J connectivity index is 1.56. The minimum Gasteiger partial charge on any atom is -0.497 e. The summed E-state index contributed by atoms with van der Waals surface area (Å²) in [5, 5.41) is 6.25. The van der Waals surface area contributed by atoms with E-state index in [1.165, 1.54) is 0 Å². The lowest BCUT2D eigenvalue weighted by Crippen LogP contribution is -2.49. The molecular weight excluding hydrogens is 300 g/mol. The third kappa shape index (κ3) is 3.77. The van der Waals surface area contributed by atoms with E-state index in [2.05, 4.69) is 34.9 Å². The first kappa shape index (κ1) is 16.5. The van der Waals surface area contributed by atoms with Crippen molar-refractivity contribution in [3.63, 3.8) is 0 Å². The molecule has 126 valence electrons. The van der Waals surface area contributed by atoms with Crippen LogP contribution in [-0.2, 0) is 11.3 Å². The molecule has 4 nitrogen and oxygen atoms in total. The van der Waals surface area contributed by atoms with Gasteiger partial charge in [-0.2, -0.15) is 0 Å². The van der Waals surface area contributed by atoms with Crippen LogP contribution in [0.2, 0.25) is 0 Å². The number of hydrogen-bond donors (Lipinski definition) is 2. The first-order valence-corrected chi connectivity index (χ1v) is 8.39. The van der Waals surface area contributed by atoms with E-state index in [-0.39, 0.29) is 11.8 Å². The van der Waals surface area contributed by atoms with Gasteiger partial charge in [-0.3, -0.25) is 4.79 Å². The first-order valence-electron chi connectivity index (χ1n) is 8.39. The van der Waals surface area contributed by atoms with Crippen LogP contribution in [0.1, 0.15) is 12.5 Å². The van der Waals surface area contributed by atoms with Crippen LogP contribution >= 0.6 is 0 Å². The van der Waals surface area contributed by atoms with Crippen LogP contribution in [0, 0.1) is 11.8 Å². The molecule has 1 aliphatic heterocycles. The first-order chi connectivity index (χ1) is 11.7. The van der Waals surface area contributed by atoms with E-state index in [0.29, 0.717) is 12.5 Å². The van der Waals surface area contributed by atoms with Crippen LogP contribution in [0.3, 0.4) is 0 Å². The van der Waals surface area contributed by atoms with E-state index in [4.69, 9.17) is 4.74 Å². The molecule has 2 aromatic rings. The zero-order chi connectivity index (χ0) is 16.9. The molecular formula is C20H24N2O2. The summed E-state index contributed by atoms with van der Waals surface area (Å²) in [5.41, 5.74) is 3.42. The van der Waals surface area contributed by atoms with E-state index >= 15 is 0 Å². The average Bonchev–Trinajstić information content (AvgIpc) is 2.58. The maximum atomic E-state index is 12.1. The van der Waals surface area contributed by atoms with Gasteiger partial charge in [0, 0.05) is 12.5 Å². The Morgan fingerprint density at radius 2 is 1.71 bits per heavy atom. The highest BCUT2D eigenvalue weighted by Gasteiger charge is 2.28. The van der Waals surface area contributed by atoms with Crippen molar-refractivity contribution in [3.8, 4) is 16.9 Å². The molecule has 0 aromatic heterocycles. The standard InChI is InChI=1S/C20H24N2O2/c1-14(18-12-21-13-18)20(23)22-11-15-3-5-16(6-4-15)17-7-9-19(24-2)10-8-17/h3-10,14,18,21H,11-13H2,1-2H3,(H,22,23). The lowest BCUT2D eigenvalue weighted by molar-refractivity contribution is -0.126. The summed E-state index contributed by atoms with van der Waals surface area (Å²) in [7, 11) is 1.67. The minimum atomic E-state index is 0.0739. The van der Waals surface area contributed by atoms with Crippen LogP contribution in [0.25, 0.3) is 11.1 Å². The van der Waals surface area contributed by atoms with Crippen LogP contribution < -0.4 is 15.4 Å². The number of carbonyl (C=O) groups is 1. The van der Waals surface area contributed by atoms with E-state index < -0.39 is 0 Å². The molecule has 2 N–H and O–H groups in total. The highest BCUT2D eigenvalue weighted by atomic mass is 16.5. The summed E-state index contributed by atoms with van der Waals surface area (Å²) in [4.78, 5) is 12.1. The molecule has 0 radical (unpaired) electrons. The minimum absolute atomic E-state index is 0.0739. The molecule has 24 heavy (non-hydrogen) atoms. The van der Waals surface area contributed by atoms with Gasteiger partial charge in [-0.05, 0) is 47.8 Å². The number of nitrogens with one attached hydrogen (secondary N) is 2. The predicted octanol–water partition coefficient (Wildman–Crippen LogP) is 2.83. The number of amides is 1. The zero-order valence-electron chi connectivity index (χ0n) is 14.2. The molecule has 1 fully saturated rings. The van der Waals surface area contributed by atoms with Gasteiger partial charge in [0.05, 0.1) is 7.11 Å². The zero-order valence-corrected chi connectivity index (χ0v) is 14.2. The molecule has 1 atom stereocenters. The summed E-state index contributed by atoms with van der Waals surface area (Å²) >= 11 is 0. The Kier molecular flexibility index (Phi) is 5.16. The van der Waals surface area contributed by atoms with Gasteiger partial charge in [0.25, 0.3) is 0 Å². The number of hydrogen-bond acceptors (Lipinski definition) is 3. The molecule has 0 saturated carbocycles. The maximum absolute atomic E-state index is 12.1. The SMILES string of the molecule is COc1ccc(-c2ccc(CNC(=O)C(C)C3CNC3)cc2)cc1.